The predicted molar refractivity (Wildman–Crippen MR) is 96.9 cm³/mol. The Morgan fingerprint density at radius 2 is 1.79 bits per heavy atom. The van der Waals surface area contributed by atoms with Gasteiger partial charge in [-0.25, -0.2) is 5.48 Å². The molecular weight excluding hydrogens is 366 g/mol. The predicted octanol–water partition coefficient (Wildman–Crippen LogP) is 5.11. The first-order valence-corrected chi connectivity index (χ1v) is 10.1. The molecule has 4 heteroatoms. The molecule has 0 radical (unpaired) electrons. The molecule has 0 spiro atoms. The van der Waals surface area contributed by atoms with Gasteiger partial charge in [0.2, 0.25) is 0 Å². The van der Waals surface area contributed by atoms with Crippen molar-refractivity contribution in [3.63, 3.8) is 0 Å². The molecule has 1 amide bonds. The maximum absolute atomic E-state index is 11.5. The van der Waals surface area contributed by atoms with Crippen LogP contribution < -0.4 is 5.48 Å². The highest BCUT2D eigenvalue weighted by Gasteiger charge is 2.50. The second-order valence-electron chi connectivity index (χ2n) is 8.52. The summed E-state index contributed by atoms with van der Waals surface area (Å²) in [5.41, 5.74) is 4.08. The van der Waals surface area contributed by atoms with Gasteiger partial charge in [0.1, 0.15) is 0 Å². The lowest BCUT2D eigenvalue weighted by Gasteiger charge is -2.57. The summed E-state index contributed by atoms with van der Waals surface area (Å²) in [5.74, 6) is 2.62. The van der Waals surface area contributed by atoms with Crippen LogP contribution in [-0.4, -0.2) is 11.1 Å². The second kappa shape index (κ2) is 6.45. The maximum atomic E-state index is 11.5. The van der Waals surface area contributed by atoms with E-state index in [1.165, 1.54) is 56.9 Å². The summed E-state index contributed by atoms with van der Waals surface area (Å²) >= 11 is 3.58. The Hall–Kier alpha value is -0.870. The lowest BCUT2D eigenvalue weighted by Crippen LogP contribution is -2.45. The van der Waals surface area contributed by atoms with Gasteiger partial charge in [0, 0.05) is 10.0 Å². The van der Waals surface area contributed by atoms with E-state index in [2.05, 4.69) is 15.9 Å². The first-order chi connectivity index (χ1) is 11.6. The second-order valence-corrected chi connectivity index (χ2v) is 9.37. The van der Waals surface area contributed by atoms with Gasteiger partial charge in [0.05, 0.1) is 0 Å². The van der Waals surface area contributed by atoms with Crippen molar-refractivity contribution < 1.29 is 10.0 Å². The smallest absolute Gasteiger partial charge is 0.274 e. The van der Waals surface area contributed by atoms with Crippen molar-refractivity contribution in [3.05, 3.63) is 33.8 Å². The molecule has 0 aliphatic heterocycles. The van der Waals surface area contributed by atoms with E-state index in [1.54, 1.807) is 17.6 Å². The van der Waals surface area contributed by atoms with Gasteiger partial charge in [-0.1, -0.05) is 22.0 Å². The molecule has 130 valence electrons. The summed E-state index contributed by atoms with van der Waals surface area (Å²) in [6.45, 7) is 0. The fraction of sp³-hybridized carbons (Fsp3) is 0.650. The van der Waals surface area contributed by atoms with Crippen LogP contribution in [-0.2, 0) is 6.42 Å². The minimum Gasteiger partial charge on any atom is -0.288 e. The monoisotopic (exact) mass is 391 g/mol. The molecule has 4 bridgehead atoms. The van der Waals surface area contributed by atoms with E-state index in [-0.39, 0.29) is 0 Å². The quantitative estimate of drug-likeness (QED) is 0.541. The van der Waals surface area contributed by atoms with Crippen molar-refractivity contribution in [2.45, 2.75) is 57.8 Å². The molecule has 0 aromatic heterocycles. The van der Waals surface area contributed by atoms with E-state index in [0.717, 1.165) is 28.6 Å². The largest absolute Gasteiger partial charge is 0.288 e. The summed E-state index contributed by atoms with van der Waals surface area (Å²) in [5, 5.41) is 8.73. The molecule has 5 rings (SSSR count). The van der Waals surface area contributed by atoms with Gasteiger partial charge in [-0.05, 0) is 98.7 Å². The summed E-state index contributed by atoms with van der Waals surface area (Å²) in [7, 11) is 0. The standard InChI is InChI=1S/C20H26BrNO2/c21-18-9-17(19(23)22-24)4-3-16(18)2-1-5-20-10-13-6-14(11-20)8-15(7-13)12-20/h3-4,9,13-15,24H,1-2,5-8,10-12H2,(H,22,23). The third-order valence-corrected chi connectivity index (χ3v) is 7.47. The summed E-state index contributed by atoms with van der Waals surface area (Å²) < 4.78 is 0.967. The lowest BCUT2D eigenvalue weighted by molar-refractivity contribution is -0.0580. The Morgan fingerprint density at radius 3 is 2.33 bits per heavy atom. The molecule has 2 N–H and O–H groups in total. The van der Waals surface area contributed by atoms with Gasteiger partial charge in [-0.15, -0.1) is 0 Å². The number of aryl methyl sites for hydroxylation is 1. The number of halogens is 1. The number of hydroxylamine groups is 1. The SMILES string of the molecule is O=C(NO)c1ccc(CCCC23CC4CC(CC(C4)C2)C3)c(Br)c1. The number of amides is 1. The van der Waals surface area contributed by atoms with Crippen molar-refractivity contribution >= 4 is 21.8 Å². The van der Waals surface area contributed by atoms with Crippen molar-refractivity contribution in [1.82, 2.24) is 5.48 Å². The number of carbonyl (C=O) groups excluding carboxylic acids is 1. The highest BCUT2D eigenvalue weighted by Crippen LogP contribution is 2.61. The van der Waals surface area contributed by atoms with Crippen LogP contribution in [0.2, 0.25) is 0 Å². The zero-order valence-electron chi connectivity index (χ0n) is 14.1. The van der Waals surface area contributed by atoms with Crippen LogP contribution in [0.3, 0.4) is 0 Å². The summed E-state index contributed by atoms with van der Waals surface area (Å²) in [4.78, 5) is 11.5. The molecule has 4 saturated carbocycles. The van der Waals surface area contributed by atoms with Crippen LogP contribution in [0, 0.1) is 23.2 Å². The molecule has 4 aliphatic carbocycles. The molecule has 24 heavy (non-hydrogen) atoms. The Bertz CT molecular complexity index is 607. The van der Waals surface area contributed by atoms with Crippen molar-refractivity contribution in [3.8, 4) is 0 Å². The number of hydrogen-bond acceptors (Lipinski definition) is 2. The average Bonchev–Trinajstić information content (AvgIpc) is 2.54. The molecule has 4 fully saturated rings. The van der Waals surface area contributed by atoms with Crippen LogP contribution >= 0.6 is 15.9 Å². The van der Waals surface area contributed by atoms with Crippen molar-refractivity contribution in [1.29, 1.82) is 0 Å². The number of rotatable bonds is 5. The molecule has 1 aromatic carbocycles. The van der Waals surface area contributed by atoms with Crippen molar-refractivity contribution in [2.75, 3.05) is 0 Å². The number of benzene rings is 1. The highest BCUT2D eigenvalue weighted by molar-refractivity contribution is 9.10. The van der Waals surface area contributed by atoms with Gasteiger partial charge in [-0.3, -0.25) is 10.0 Å². The fourth-order valence-electron chi connectivity index (χ4n) is 6.21. The lowest BCUT2D eigenvalue weighted by atomic mass is 9.48. The van der Waals surface area contributed by atoms with Crippen molar-refractivity contribution in [2.24, 2.45) is 23.2 Å². The Labute approximate surface area is 152 Å². The molecule has 1 aromatic rings. The Morgan fingerprint density at radius 1 is 1.17 bits per heavy atom. The number of hydrogen-bond donors (Lipinski definition) is 2. The van der Waals surface area contributed by atoms with Crippen LogP contribution in [0.25, 0.3) is 0 Å². The third kappa shape index (κ3) is 3.15. The minimum absolute atomic E-state index is 0.462. The molecule has 3 nitrogen and oxygen atoms in total. The van der Waals surface area contributed by atoms with Crippen LogP contribution in [0.5, 0.6) is 0 Å². The molecule has 0 atom stereocenters. The van der Waals surface area contributed by atoms with Crippen LogP contribution in [0.15, 0.2) is 22.7 Å². The van der Waals surface area contributed by atoms with Gasteiger partial charge < -0.3 is 0 Å². The first-order valence-electron chi connectivity index (χ1n) is 9.30. The van der Waals surface area contributed by atoms with E-state index in [0.29, 0.717) is 11.0 Å². The molecule has 0 heterocycles. The number of nitrogens with one attached hydrogen (secondary N) is 1. The normalized spacial score (nSPS) is 33.7. The average molecular weight is 392 g/mol. The topological polar surface area (TPSA) is 49.3 Å². The fourth-order valence-corrected chi connectivity index (χ4v) is 6.78. The minimum atomic E-state index is -0.462. The molecular formula is C20H26BrNO2. The van der Waals surface area contributed by atoms with Crippen LogP contribution in [0.1, 0.15) is 67.3 Å². The van der Waals surface area contributed by atoms with Crippen LogP contribution in [0.4, 0.5) is 0 Å². The van der Waals surface area contributed by atoms with Gasteiger partial charge >= 0.3 is 0 Å². The maximum Gasteiger partial charge on any atom is 0.274 e. The van der Waals surface area contributed by atoms with Gasteiger partial charge in [0.15, 0.2) is 0 Å². The zero-order valence-corrected chi connectivity index (χ0v) is 15.6. The van der Waals surface area contributed by atoms with E-state index >= 15 is 0 Å². The highest BCUT2D eigenvalue weighted by atomic mass is 79.9. The van der Waals surface area contributed by atoms with E-state index in [1.807, 2.05) is 6.07 Å². The van der Waals surface area contributed by atoms with Gasteiger partial charge in [0.25, 0.3) is 5.91 Å². The molecule has 0 saturated heterocycles. The van der Waals surface area contributed by atoms with Gasteiger partial charge in [-0.2, -0.15) is 0 Å². The molecule has 4 aliphatic rings. The number of carbonyl (C=O) groups is 1. The zero-order chi connectivity index (χ0) is 16.7. The first kappa shape index (κ1) is 16.6. The summed E-state index contributed by atoms with van der Waals surface area (Å²) in [6.07, 6.45) is 12.6. The summed E-state index contributed by atoms with van der Waals surface area (Å²) in [6, 6.07) is 5.59. The van der Waals surface area contributed by atoms with E-state index < -0.39 is 5.91 Å². The Kier molecular flexibility index (Phi) is 4.46. The van der Waals surface area contributed by atoms with E-state index in [4.69, 9.17) is 5.21 Å². The Balaban J connectivity index is 1.37. The third-order valence-electron chi connectivity index (χ3n) is 6.74. The molecule has 0 unspecified atom stereocenters. The van der Waals surface area contributed by atoms with E-state index in [9.17, 15) is 4.79 Å².